The number of hydrogen-bond donors (Lipinski definition) is 1. The van der Waals surface area contributed by atoms with E-state index in [9.17, 15) is 9.90 Å². The summed E-state index contributed by atoms with van der Waals surface area (Å²) >= 11 is 0. The number of carbonyl (C=O) groups excluding carboxylic acids is 1. The molecule has 0 aromatic rings. The maximum absolute atomic E-state index is 12.3. The highest BCUT2D eigenvalue weighted by Gasteiger charge is 2.66. The first-order chi connectivity index (χ1) is 12.8. The molecule has 0 aromatic carbocycles. The Kier molecular flexibility index (Phi) is 6.54. The van der Waals surface area contributed by atoms with Gasteiger partial charge in [0, 0.05) is 18.4 Å². The van der Waals surface area contributed by atoms with E-state index in [1.54, 1.807) is 0 Å². The zero-order valence-electron chi connectivity index (χ0n) is 20.5. The fourth-order valence-corrected chi connectivity index (χ4v) is 6.43. The van der Waals surface area contributed by atoms with Gasteiger partial charge in [-0.15, -0.1) is 0 Å². The molecule has 0 bridgehead atoms. The van der Waals surface area contributed by atoms with Crippen LogP contribution in [-0.2, 0) is 18.4 Å². The van der Waals surface area contributed by atoms with Gasteiger partial charge in [-0.1, -0.05) is 48.5 Å². The molecule has 5 nitrogen and oxygen atoms in total. The summed E-state index contributed by atoms with van der Waals surface area (Å²) in [7, 11) is -4.11. The Bertz CT molecular complexity index is 622. The van der Waals surface area contributed by atoms with Crippen LogP contribution in [0.3, 0.4) is 0 Å². The van der Waals surface area contributed by atoms with Gasteiger partial charge >= 0.3 is 0 Å². The van der Waals surface area contributed by atoms with Crippen LogP contribution < -0.4 is 0 Å². The Hall–Kier alpha value is -0.0562. The Balaban J connectivity index is 2.40. The van der Waals surface area contributed by atoms with E-state index in [2.05, 4.69) is 74.7 Å². The third-order valence-electron chi connectivity index (χ3n) is 8.42. The molecule has 1 heterocycles. The van der Waals surface area contributed by atoms with Crippen molar-refractivity contribution in [1.29, 1.82) is 0 Å². The van der Waals surface area contributed by atoms with Gasteiger partial charge in [0.25, 0.3) is 0 Å². The van der Waals surface area contributed by atoms with Gasteiger partial charge < -0.3 is 23.5 Å². The molecule has 2 rings (SSSR count). The minimum atomic E-state index is -2.08. The van der Waals surface area contributed by atoms with E-state index in [0.717, 1.165) is 6.29 Å². The van der Waals surface area contributed by atoms with Gasteiger partial charge in [-0.05, 0) is 36.3 Å². The van der Waals surface area contributed by atoms with Crippen LogP contribution in [0.5, 0.6) is 0 Å². The first-order valence-electron chi connectivity index (χ1n) is 10.9. The van der Waals surface area contributed by atoms with Crippen molar-refractivity contribution in [3.05, 3.63) is 0 Å². The molecule has 1 aliphatic carbocycles. The van der Waals surface area contributed by atoms with Crippen molar-refractivity contribution < 1.29 is 23.5 Å². The van der Waals surface area contributed by atoms with E-state index in [1.807, 2.05) is 0 Å². The number of ether oxygens (including phenoxy) is 1. The molecule has 29 heavy (non-hydrogen) atoms. The van der Waals surface area contributed by atoms with Crippen molar-refractivity contribution in [2.45, 2.75) is 109 Å². The molecule has 7 heteroatoms. The fourth-order valence-electron chi connectivity index (χ4n) is 3.89. The van der Waals surface area contributed by atoms with Crippen LogP contribution >= 0.6 is 0 Å². The Morgan fingerprint density at radius 2 is 1.59 bits per heavy atom. The second kappa shape index (κ2) is 7.52. The monoisotopic (exact) mass is 444 g/mol. The molecule has 0 unspecified atom stereocenters. The van der Waals surface area contributed by atoms with Gasteiger partial charge in [-0.2, -0.15) is 0 Å². The van der Waals surface area contributed by atoms with Crippen molar-refractivity contribution in [1.82, 2.24) is 0 Å². The Morgan fingerprint density at radius 3 is 1.97 bits per heavy atom. The van der Waals surface area contributed by atoms with Gasteiger partial charge in [-0.3, -0.25) is 0 Å². The number of aliphatic hydroxyl groups is 1. The molecule has 0 amide bonds. The van der Waals surface area contributed by atoms with E-state index in [4.69, 9.17) is 13.6 Å². The molecule has 2 fully saturated rings. The highest BCUT2D eigenvalue weighted by molar-refractivity contribution is 6.74. The predicted octanol–water partition coefficient (Wildman–Crippen LogP) is 4.75. The SMILES string of the molecule is CC(C)(C)[Si](C)(C)OC[C@]1(C)[C@@H](O[Si](C)(C)C(C)(C)C)C[C@H]2OC[C@@]2(O)[C@H]1C=O. The zero-order valence-corrected chi connectivity index (χ0v) is 22.5. The van der Waals surface area contributed by atoms with Crippen molar-refractivity contribution in [3.8, 4) is 0 Å². The molecular weight excluding hydrogens is 400 g/mol. The topological polar surface area (TPSA) is 65.0 Å². The van der Waals surface area contributed by atoms with Crippen molar-refractivity contribution >= 4 is 22.9 Å². The molecule has 0 radical (unpaired) electrons. The zero-order chi connectivity index (χ0) is 22.7. The largest absolute Gasteiger partial charge is 0.416 e. The summed E-state index contributed by atoms with van der Waals surface area (Å²) in [6, 6.07) is 0. The Morgan fingerprint density at radius 1 is 1.07 bits per heavy atom. The van der Waals surface area contributed by atoms with Crippen LogP contribution in [0.15, 0.2) is 0 Å². The average Bonchev–Trinajstić information content (AvgIpc) is 2.53. The van der Waals surface area contributed by atoms with Gasteiger partial charge in [0.2, 0.25) is 0 Å². The van der Waals surface area contributed by atoms with Crippen LogP contribution in [0, 0.1) is 11.3 Å². The minimum Gasteiger partial charge on any atom is -0.416 e. The summed E-state index contributed by atoms with van der Waals surface area (Å²) in [5.74, 6) is -0.568. The van der Waals surface area contributed by atoms with E-state index in [0.29, 0.717) is 13.0 Å². The maximum atomic E-state index is 12.3. The normalized spacial score (nSPS) is 36.3. The van der Waals surface area contributed by atoms with E-state index < -0.39 is 33.6 Å². The van der Waals surface area contributed by atoms with Crippen LogP contribution in [0.4, 0.5) is 0 Å². The van der Waals surface area contributed by atoms with Gasteiger partial charge in [0.15, 0.2) is 16.6 Å². The fraction of sp³-hybridized carbons (Fsp3) is 0.955. The lowest BCUT2D eigenvalue weighted by Crippen LogP contribution is -2.74. The number of hydrogen-bond acceptors (Lipinski definition) is 5. The summed E-state index contributed by atoms with van der Waals surface area (Å²) in [4.78, 5) is 12.3. The lowest BCUT2D eigenvalue weighted by Gasteiger charge is -2.62. The van der Waals surface area contributed by atoms with Crippen LogP contribution in [0.2, 0.25) is 36.3 Å². The second-order valence-electron chi connectivity index (χ2n) is 12.6. The van der Waals surface area contributed by atoms with Crippen molar-refractivity contribution in [2.75, 3.05) is 13.2 Å². The predicted molar refractivity (Wildman–Crippen MR) is 122 cm³/mol. The first-order valence-corrected chi connectivity index (χ1v) is 16.7. The van der Waals surface area contributed by atoms with Crippen LogP contribution in [-0.4, -0.2) is 59.1 Å². The molecule has 2 aliphatic rings. The lowest BCUT2D eigenvalue weighted by molar-refractivity contribution is -0.309. The standard InChI is InChI=1S/C22H44O5Si2/c1-19(2,3)28(8,9)26-14-21(7)16(13-23)22(24)15-25-18(22)12-17(21)27-29(10,11)20(4,5)6/h13,16-18,24H,12,14-15H2,1-11H3/t16-,17-,18+,21-,22+/m0/s1. The summed E-state index contributed by atoms with van der Waals surface area (Å²) in [6.07, 6.45) is 0.999. The number of carbonyl (C=O) groups is 1. The minimum absolute atomic E-state index is 0.0547. The first kappa shape index (κ1) is 25.2. The van der Waals surface area contributed by atoms with E-state index >= 15 is 0 Å². The summed E-state index contributed by atoms with van der Waals surface area (Å²) in [5, 5.41) is 11.4. The van der Waals surface area contributed by atoms with Crippen LogP contribution in [0.1, 0.15) is 54.9 Å². The molecule has 1 saturated heterocycles. The maximum Gasteiger partial charge on any atom is 0.192 e. The highest BCUT2D eigenvalue weighted by Crippen LogP contribution is 2.54. The summed E-state index contributed by atoms with van der Waals surface area (Å²) < 4.78 is 19.2. The van der Waals surface area contributed by atoms with Crippen molar-refractivity contribution in [3.63, 3.8) is 0 Å². The quantitative estimate of drug-likeness (QED) is 0.473. The molecule has 1 saturated carbocycles. The third-order valence-corrected chi connectivity index (χ3v) is 17.4. The average molecular weight is 445 g/mol. The molecule has 170 valence electrons. The van der Waals surface area contributed by atoms with Crippen LogP contribution in [0.25, 0.3) is 0 Å². The van der Waals surface area contributed by atoms with Gasteiger partial charge in [-0.25, -0.2) is 0 Å². The van der Waals surface area contributed by atoms with Gasteiger partial charge in [0.05, 0.1) is 24.7 Å². The summed E-state index contributed by atoms with van der Waals surface area (Å²) in [5.41, 5.74) is -1.71. The molecule has 1 aliphatic heterocycles. The lowest BCUT2D eigenvalue weighted by atomic mass is 9.57. The van der Waals surface area contributed by atoms with E-state index in [1.165, 1.54) is 0 Å². The van der Waals surface area contributed by atoms with Gasteiger partial charge in [0.1, 0.15) is 11.9 Å². The number of fused-ring (bicyclic) bond motifs is 1. The van der Waals surface area contributed by atoms with E-state index in [-0.39, 0.29) is 28.9 Å². The molecule has 5 atom stereocenters. The highest BCUT2D eigenvalue weighted by atomic mass is 28.4. The van der Waals surface area contributed by atoms with Crippen molar-refractivity contribution in [2.24, 2.45) is 11.3 Å². The molecule has 0 spiro atoms. The molecule has 0 aromatic heterocycles. The third kappa shape index (κ3) is 4.33. The number of rotatable bonds is 6. The molecule has 1 N–H and O–H groups in total. The summed E-state index contributed by atoms with van der Waals surface area (Å²) in [6.45, 7) is 24.9. The molecular formula is C22H44O5Si2. The number of aldehydes is 1. The smallest absolute Gasteiger partial charge is 0.192 e. The second-order valence-corrected chi connectivity index (χ2v) is 22.1. The Labute approximate surface area is 180 Å².